The molecule has 5 heteroatoms. The largest absolute Gasteiger partial charge is 0.480 e. The van der Waals surface area contributed by atoms with E-state index in [9.17, 15) is 14.7 Å². The van der Waals surface area contributed by atoms with Crippen molar-refractivity contribution in [2.75, 3.05) is 13.1 Å². The molecular weight excluding hydrogens is 268 g/mol. The van der Waals surface area contributed by atoms with Gasteiger partial charge in [0.15, 0.2) is 0 Å². The van der Waals surface area contributed by atoms with Crippen LogP contribution >= 0.6 is 0 Å². The number of carbonyl (C=O) groups excluding carboxylic acids is 1. The van der Waals surface area contributed by atoms with Gasteiger partial charge in [0.25, 0.3) is 0 Å². The Balaban J connectivity index is 1.91. The van der Waals surface area contributed by atoms with Gasteiger partial charge in [-0.25, -0.2) is 9.59 Å². The van der Waals surface area contributed by atoms with Crippen LogP contribution in [-0.4, -0.2) is 41.1 Å². The van der Waals surface area contributed by atoms with Crippen LogP contribution in [0.5, 0.6) is 0 Å². The summed E-state index contributed by atoms with van der Waals surface area (Å²) in [7, 11) is 0. The van der Waals surface area contributed by atoms with E-state index in [1.165, 1.54) is 6.42 Å². The molecule has 0 aromatic carbocycles. The Hall–Kier alpha value is -1.26. The fourth-order valence-corrected chi connectivity index (χ4v) is 3.39. The summed E-state index contributed by atoms with van der Waals surface area (Å²) in [5.41, 5.74) is 0.284. The Kier molecular flexibility index (Phi) is 5.12. The third-order valence-electron chi connectivity index (χ3n) is 5.07. The van der Waals surface area contributed by atoms with Crippen LogP contribution in [0.1, 0.15) is 58.8 Å². The number of carboxylic acid groups (broad SMARTS) is 1. The van der Waals surface area contributed by atoms with Gasteiger partial charge in [-0.05, 0) is 37.0 Å². The fraction of sp³-hybridized carbons (Fsp3) is 0.875. The number of nitrogens with one attached hydrogen (secondary N) is 1. The Morgan fingerprint density at radius 3 is 2.24 bits per heavy atom. The van der Waals surface area contributed by atoms with Crippen LogP contribution in [0.2, 0.25) is 0 Å². The van der Waals surface area contributed by atoms with E-state index in [-0.39, 0.29) is 17.4 Å². The number of aliphatic carboxylic acids is 1. The maximum absolute atomic E-state index is 12.3. The van der Waals surface area contributed by atoms with E-state index in [0.29, 0.717) is 0 Å². The van der Waals surface area contributed by atoms with Crippen molar-refractivity contribution >= 4 is 12.0 Å². The van der Waals surface area contributed by atoms with Gasteiger partial charge in [-0.2, -0.15) is 0 Å². The van der Waals surface area contributed by atoms with Crippen LogP contribution in [0.25, 0.3) is 0 Å². The summed E-state index contributed by atoms with van der Waals surface area (Å²) in [6, 6.07) is -0.934. The number of urea groups is 1. The maximum Gasteiger partial charge on any atom is 0.326 e. The van der Waals surface area contributed by atoms with Crippen LogP contribution < -0.4 is 5.32 Å². The number of hydrogen-bond donors (Lipinski definition) is 2. The molecule has 120 valence electrons. The van der Waals surface area contributed by atoms with E-state index < -0.39 is 12.0 Å². The number of hydrogen-bond acceptors (Lipinski definition) is 2. The maximum atomic E-state index is 12.3. The molecular formula is C16H28N2O3. The lowest BCUT2D eigenvalue weighted by molar-refractivity contribution is -0.141. The Morgan fingerprint density at radius 2 is 1.71 bits per heavy atom. The van der Waals surface area contributed by atoms with Crippen LogP contribution in [-0.2, 0) is 4.79 Å². The second-order valence-corrected chi connectivity index (χ2v) is 7.31. The van der Waals surface area contributed by atoms with Crippen molar-refractivity contribution in [3.63, 3.8) is 0 Å². The van der Waals surface area contributed by atoms with E-state index in [1.807, 2.05) is 0 Å². The second-order valence-electron chi connectivity index (χ2n) is 7.31. The molecule has 2 rings (SSSR count). The van der Waals surface area contributed by atoms with Crippen LogP contribution in [0.3, 0.4) is 0 Å². The molecule has 2 N–H and O–H groups in total. The fourth-order valence-electron chi connectivity index (χ4n) is 3.39. The van der Waals surface area contributed by atoms with Gasteiger partial charge < -0.3 is 15.3 Å². The van der Waals surface area contributed by atoms with Crippen LogP contribution in [0, 0.1) is 11.3 Å². The predicted octanol–water partition coefficient (Wildman–Crippen LogP) is 2.85. The summed E-state index contributed by atoms with van der Waals surface area (Å²) in [6.45, 7) is 5.86. The van der Waals surface area contributed by atoms with Gasteiger partial charge in [0.05, 0.1) is 0 Å². The van der Waals surface area contributed by atoms with Crippen molar-refractivity contribution in [1.29, 1.82) is 0 Å². The Morgan fingerprint density at radius 1 is 1.14 bits per heavy atom. The molecule has 21 heavy (non-hydrogen) atoms. The third kappa shape index (κ3) is 4.35. The predicted molar refractivity (Wildman–Crippen MR) is 81.1 cm³/mol. The van der Waals surface area contributed by atoms with Gasteiger partial charge in [0.2, 0.25) is 0 Å². The lowest BCUT2D eigenvalue weighted by Gasteiger charge is -2.38. The zero-order chi connectivity index (χ0) is 15.5. The van der Waals surface area contributed by atoms with Crippen molar-refractivity contribution in [2.45, 2.75) is 64.8 Å². The summed E-state index contributed by atoms with van der Waals surface area (Å²) in [6.07, 6.45) is 7.08. The minimum Gasteiger partial charge on any atom is -0.480 e. The van der Waals surface area contributed by atoms with E-state index in [2.05, 4.69) is 19.2 Å². The van der Waals surface area contributed by atoms with Crippen LogP contribution in [0.15, 0.2) is 0 Å². The normalized spacial score (nSPS) is 24.4. The molecule has 1 saturated carbocycles. The number of piperidine rings is 1. The van der Waals surface area contributed by atoms with Crippen molar-refractivity contribution in [3.8, 4) is 0 Å². The minimum atomic E-state index is -0.896. The molecule has 1 atom stereocenters. The zero-order valence-corrected chi connectivity index (χ0v) is 13.2. The average Bonchev–Trinajstić information content (AvgIpc) is 2.45. The molecule has 1 heterocycles. The van der Waals surface area contributed by atoms with E-state index >= 15 is 0 Å². The molecule has 2 amide bonds. The highest BCUT2D eigenvalue weighted by Crippen LogP contribution is 2.30. The zero-order valence-electron chi connectivity index (χ0n) is 13.2. The quantitative estimate of drug-likeness (QED) is 0.841. The Labute approximate surface area is 127 Å². The molecule has 0 aromatic heterocycles. The minimum absolute atomic E-state index is 0.0847. The molecule has 0 spiro atoms. The van der Waals surface area contributed by atoms with E-state index in [1.54, 1.807) is 4.90 Å². The van der Waals surface area contributed by atoms with E-state index in [4.69, 9.17) is 0 Å². The van der Waals surface area contributed by atoms with Gasteiger partial charge in [0.1, 0.15) is 6.04 Å². The summed E-state index contributed by atoms with van der Waals surface area (Å²) in [5, 5.41) is 12.2. The smallest absolute Gasteiger partial charge is 0.326 e. The molecule has 1 saturated heterocycles. The second kappa shape index (κ2) is 6.67. The molecule has 0 radical (unpaired) electrons. The van der Waals surface area contributed by atoms with Gasteiger partial charge in [-0.15, -0.1) is 0 Å². The lowest BCUT2D eigenvalue weighted by atomic mass is 9.82. The van der Waals surface area contributed by atoms with Crippen molar-refractivity contribution in [3.05, 3.63) is 0 Å². The summed E-state index contributed by atoms with van der Waals surface area (Å²) < 4.78 is 0. The summed E-state index contributed by atoms with van der Waals surface area (Å²) in [5.74, 6) is -0.811. The SMILES string of the molecule is CC1(C)CCN(C(=O)NC(C(=O)O)C2CCCCC2)CC1. The first-order valence-corrected chi connectivity index (χ1v) is 8.17. The van der Waals surface area contributed by atoms with E-state index in [0.717, 1.165) is 51.6 Å². The Bertz CT molecular complexity index is 379. The molecule has 1 unspecified atom stereocenters. The number of rotatable bonds is 3. The highest BCUT2D eigenvalue weighted by molar-refractivity contribution is 5.82. The summed E-state index contributed by atoms with van der Waals surface area (Å²) in [4.78, 5) is 25.6. The molecule has 2 fully saturated rings. The molecule has 0 bridgehead atoms. The van der Waals surface area contributed by atoms with Crippen LogP contribution in [0.4, 0.5) is 4.79 Å². The first-order valence-electron chi connectivity index (χ1n) is 8.17. The monoisotopic (exact) mass is 296 g/mol. The van der Waals surface area contributed by atoms with Gasteiger partial charge in [-0.3, -0.25) is 0 Å². The average molecular weight is 296 g/mol. The highest BCUT2D eigenvalue weighted by Gasteiger charge is 2.33. The van der Waals surface area contributed by atoms with Gasteiger partial charge in [-0.1, -0.05) is 33.1 Å². The first-order chi connectivity index (χ1) is 9.89. The number of amides is 2. The van der Waals surface area contributed by atoms with Crippen molar-refractivity contribution in [2.24, 2.45) is 11.3 Å². The molecule has 0 aromatic rings. The van der Waals surface area contributed by atoms with Crippen molar-refractivity contribution < 1.29 is 14.7 Å². The standard InChI is InChI=1S/C16H28N2O3/c1-16(2)8-10-18(11-9-16)15(21)17-13(14(19)20)12-6-4-3-5-7-12/h12-13H,3-11H2,1-2H3,(H,17,21)(H,19,20). The highest BCUT2D eigenvalue weighted by atomic mass is 16.4. The third-order valence-corrected chi connectivity index (χ3v) is 5.07. The number of carboxylic acids is 1. The molecule has 2 aliphatic rings. The molecule has 1 aliphatic carbocycles. The van der Waals surface area contributed by atoms with Gasteiger partial charge in [0, 0.05) is 13.1 Å². The lowest BCUT2D eigenvalue weighted by Crippen LogP contribution is -2.53. The topological polar surface area (TPSA) is 69.6 Å². The molecule has 1 aliphatic heterocycles. The number of likely N-dealkylation sites (tertiary alicyclic amines) is 1. The molecule has 5 nitrogen and oxygen atoms in total. The summed E-state index contributed by atoms with van der Waals surface area (Å²) >= 11 is 0. The van der Waals surface area contributed by atoms with Gasteiger partial charge >= 0.3 is 12.0 Å². The first kappa shape index (κ1) is 16.1. The number of nitrogens with zero attached hydrogens (tertiary/aromatic N) is 1. The van der Waals surface area contributed by atoms with Crippen molar-refractivity contribution in [1.82, 2.24) is 10.2 Å². The number of carbonyl (C=O) groups is 2.